The zero-order valence-corrected chi connectivity index (χ0v) is 10.5. The van der Waals surface area contributed by atoms with Gasteiger partial charge in [-0.25, -0.2) is 0 Å². The molecule has 0 fully saturated rings. The van der Waals surface area contributed by atoms with Gasteiger partial charge in [-0.3, -0.25) is 0 Å². The van der Waals surface area contributed by atoms with Gasteiger partial charge in [-0.2, -0.15) is 10.2 Å². The van der Waals surface area contributed by atoms with Gasteiger partial charge in [0, 0.05) is 5.56 Å². The maximum atomic E-state index is 4.14. The third-order valence-corrected chi connectivity index (χ3v) is 4.37. The third kappa shape index (κ3) is 2.38. The number of nitrogens with zero attached hydrogens (tertiary/aromatic N) is 4. The lowest BCUT2D eigenvalue weighted by Crippen LogP contribution is -1.85. The van der Waals surface area contributed by atoms with E-state index in [2.05, 4.69) is 43.2 Å². The highest BCUT2D eigenvalue weighted by Gasteiger charge is 2.12. The molecule has 0 saturated carbocycles. The Balaban J connectivity index is 2.28. The molecule has 2 aromatic heterocycles. The number of aromatic nitrogens is 4. The van der Waals surface area contributed by atoms with Crippen LogP contribution < -0.4 is 0 Å². The van der Waals surface area contributed by atoms with Crippen molar-refractivity contribution in [2.24, 2.45) is 0 Å². The molecule has 0 aliphatic heterocycles. The van der Waals surface area contributed by atoms with E-state index < -0.39 is 0 Å². The first kappa shape index (κ1) is 10.6. The molecule has 0 bridgehead atoms. The highest BCUT2D eigenvalue weighted by Crippen LogP contribution is 2.31. The Bertz CT molecular complexity index is 431. The molecular weight excluding hydrogens is 276 g/mol. The van der Waals surface area contributed by atoms with Crippen LogP contribution in [0.15, 0.2) is 18.5 Å². The summed E-state index contributed by atoms with van der Waals surface area (Å²) in [7, 11) is 0. The van der Waals surface area contributed by atoms with Crippen molar-refractivity contribution in [3.63, 3.8) is 0 Å². The molecule has 0 aliphatic rings. The lowest BCUT2D eigenvalue weighted by atomic mass is 10.3. The maximum absolute atomic E-state index is 4.14. The van der Waals surface area contributed by atoms with Crippen molar-refractivity contribution in [3.05, 3.63) is 23.5 Å². The van der Waals surface area contributed by atoms with Crippen LogP contribution in [0, 0.1) is 0 Å². The predicted molar refractivity (Wildman–Crippen MR) is 62.9 cm³/mol. The van der Waals surface area contributed by atoms with Gasteiger partial charge in [0.15, 0.2) is 0 Å². The molecule has 15 heavy (non-hydrogen) atoms. The van der Waals surface area contributed by atoms with Crippen molar-refractivity contribution < 1.29 is 0 Å². The molecule has 0 spiro atoms. The van der Waals surface area contributed by atoms with Crippen molar-refractivity contribution >= 4 is 27.3 Å². The van der Waals surface area contributed by atoms with Crippen LogP contribution >= 0.6 is 27.3 Å². The maximum Gasteiger partial charge on any atom is 0.149 e. The van der Waals surface area contributed by atoms with Crippen LogP contribution in [0.5, 0.6) is 0 Å². The second-order valence-corrected chi connectivity index (χ2v) is 5.07. The Morgan fingerprint density at radius 1 is 1.40 bits per heavy atom. The second kappa shape index (κ2) is 4.76. The van der Waals surface area contributed by atoms with Crippen molar-refractivity contribution in [2.75, 3.05) is 0 Å². The summed E-state index contributed by atoms with van der Waals surface area (Å²) in [6.07, 6.45) is 4.35. The summed E-state index contributed by atoms with van der Waals surface area (Å²) >= 11 is 5.13. The van der Waals surface area contributed by atoms with E-state index in [4.69, 9.17) is 0 Å². The molecule has 2 rings (SSSR count). The fourth-order valence-corrected chi connectivity index (χ4v) is 2.34. The summed E-state index contributed by atoms with van der Waals surface area (Å²) < 4.78 is 0. The average molecular weight is 285 g/mol. The van der Waals surface area contributed by atoms with Gasteiger partial charge in [0.25, 0.3) is 0 Å². The van der Waals surface area contributed by atoms with E-state index in [0.29, 0.717) is 4.83 Å². The summed E-state index contributed by atoms with van der Waals surface area (Å²) in [5.74, 6) is 0. The van der Waals surface area contributed by atoms with Crippen molar-refractivity contribution in [3.8, 4) is 10.6 Å². The molecule has 0 N–H and O–H groups in total. The van der Waals surface area contributed by atoms with E-state index in [1.54, 1.807) is 23.7 Å². The molecular formula is C9H9BrN4S. The van der Waals surface area contributed by atoms with E-state index in [9.17, 15) is 0 Å². The molecule has 4 nitrogen and oxygen atoms in total. The minimum absolute atomic E-state index is 0.290. The van der Waals surface area contributed by atoms with E-state index in [1.807, 2.05) is 6.07 Å². The first-order valence-corrected chi connectivity index (χ1v) is 6.29. The van der Waals surface area contributed by atoms with Crippen molar-refractivity contribution in [1.29, 1.82) is 0 Å². The smallest absolute Gasteiger partial charge is 0.149 e. The Hall–Kier alpha value is -0.880. The SMILES string of the molecule is CCC(Br)c1nnc(-c2ccnnc2)s1. The van der Waals surface area contributed by atoms with Gasteiger partial charge in [0.05, 0.1) is 17.2 Å². The molecule has 0 aromatic carbocycles. The highest BCUT2D eigenvalue weighted by molar-refractivity contribution is 9.09. The highest BCUT2D eigenvalue weighted by atomic mass is 79.9. The third-order valence-electron chi connectivity index (χ3n) is 1.90. The van der Waals surface area contributed by atoms with Gasteiger partial charge in [-0.15, -0.1) is 10.2 Å². The normalized spacial score (nSPS) is 12.7. The van der Waals surface area contributed by atoms with E-state index in [1.165, 1.54) is 0 Å². The molecule has 78 valence electrons. The molecule has 2 aromatic rings. The molecule has 0 radical (unpaired) electrons. The first-order valence-electron chi connectivity index (χ1n) is 4.55. The van der Waals surface area contributed by atoms with E-state index in [-0.39, 0.29) is 0 Å². The van der Waals surface area contributed by atoms with Gasteiger partial charge >= 0.3 is 0 Å². The van der Waals surface area contributed by atoms with Crippen molar-refractivity contribution in [2.45, 2.75) is 18.2 Å². The molecule has 0 amide bonds. The molecule has 6 heteroatoms. The van der Waals surface area contributed by atoms with Gasteiger partial charge < -0.3 is 0 Å². The minimum Gasteiger partial charge on any atom is -0.159 e. The Kier molecular flexibility index (Phi) is 3.37. The molecule has 1 atom stereocenters. The second-order valence-electron chi connectivity index (χ2n) is 2.95. The van der Waals surface area contributed by atoms with Gasteiger partial charge in [-0.05, 0) is 12.5 Å². The average Bonchev–Trinajstić information content (AvgIpc) is 2.78. The van der Waals surface area contributed by atoms with Crippen LogP contribution in [0.2, 0.25) is 0 Å². The lowest BCUT2D eigenvalue weighted by molar-refractivity contribution is 0.870. The quantitative estimate of drug-likeness (QED) is 0.814. The Morgan fingerprint density at radius 2 is 2.27 bits per heavy atom. The lowest BCUT2D eigenvalue weighted by Gasteiger charge is -1.97. The van der Waals surface area contributed by atoms with Crippen LogP contribution in [0.3, 0.4) is 0 Å². The monoisotopic (exact) mass is 284 g/mol. The Labute approximate surface area is 99.9 Å². The largest absolute Gasteiger partial charge is 0.159 e. The first-order chi connectivity index (χ1) is 7.31. The molecule has 0 saturated heterocycles. The molecule has 1 unspecified atom stereocenters. The zero-order chi connectivity index (χ0) is 10.7. The summed E-state index contributed by atoms with van der Waals surface area (Å²) in [6.45, 7) is 2.11. The summed E-state index contributed by atoms with van der Waals surface area (Å²) in [6, 6.07) is 1.88. The van der Waals surface area contributed by atoms with Crippen molar-refractivity contribution in [1.82, 2.24) is 20.4 Å². The molecule has 2 heterocycles. The number of halogens is 1. The predicted octanol–water partition coefficient (Wildman–Crippen LogP) is 2.84. The van der Waals surface area contributed by atoms with Gasteiger partial charge in [0.2, 0.25) is 0 Å². The summed E-state index contributed by atoms with van der Waals surface area (Å²) in [5, 5.41) is 17.7. The van der Waals surface area contributed by atoms with Crippen LogP contribution in [0.1, 0.15) is 23.2 Å². The number of hydrogen-bond acceptors (Lipinski definition) is 5. The van der Waals surface area contributed by atoms with E-state index in [0.717, 1.165) is 22.0 Å². The van der Waals surface area contributed by atoms with Crippen LogP contribution in [-0.4, -0.2) is 20.4 Å². The fraction of sp³-hybridized carbons (Fsp3) is 0.333. The van der Waals surface area contributed by atoms with Gasteiger partial charge in [0.1, 0.15) is 10.0 Å². The van der Waals surface area contributed by atoms with Gasteiger partial charge in [-0.1, -0.05) is 34.2 Å². The van der Waals surface area contributed by atoms with E-state index >= 15 is 0 Å². The molecule has 0 aliphatic carbocycles. The number of rotatable bonds is 3. The Morgan fingerprint density at radius 3 is 2.93 bits per heavy atom. The summed E-state index contributed by atoms with van der Waals surface area (Å²) in [5.41, 5.74) is 0.963. The van der Waals surface area contributed by atoms with Crippen LogP contribution in [0.25, 0.3) is 10.6 Å². The standard InChI is InChI=1S/C9H9BrN4S/c1-2-7(10)9-14-13-8(15-9)6-3-4-11-12-5-6/h3-5,7H,2H2,1H3. The fourth-order valence-electron chi connectivity index (χ4n) is 1.07. The van der Waals surface area contributed by atoms with Crippen LogP contribution in [0.4, 0.5) is 0 Å². The summed E-state index contributed by atoms with van der Waals surface area (Å²) in [4.78, 5) is 0.290. The zero-order valence-electron chi connectivity index (χ0n) is 8.09. The number of hydrogen-bond donors (Lipinski definition) is 0. The van der Waals surface area contributed by atoms with Crippen LogP contribution in [-0.2, 0) is 0 Å². The minimum atomic E-state index is 0.290. The topological polar surface area (TPSA) is 51.6 Å². The number of alkyl halides is 1.